The molecule has 1 aliphatic carbocycles. The van der Waals surface area contributed by atoms with E-state index in [0.717, 1.165) is 60.8 Å². The third kappa shape index (κ3) is 7.19. The first kappa shape index (κ1) is 26.0. The predicted molar refractivity (Wildman–Crippen MR) is 144 cm³/mol. The van der Waals surface area contributed by atoms with Crippen LogP contribution in [-0.2, 0) is 12.8 Å². The zero-order chi connectivity index (χ0) is 24.8. The van der Waals surface area contributed by atoms with Crippen LogP contribution in [-0.4, -0.2) is 34.7 Å². The molecule has 1 saturated carbocycles. The Hall–Kier alpha value is -2.62. The number of benzene rings is 2. The second-order valence-electron chi connectivity index (χ2n) is 10.9. The molecule has 0 spiro atoms. The van der Waals surface area contributed by atoms with E-state index in [2.05, 4.69) is 52.0 Å². The topological polar surface area (TPSA) is 65.2 Å². The Morgan fingerprint density at radius 2 is 1.06 bits per heavy atom. The first-order chi connectivity index (χ1) is 16.1. The summed E-state index contributed by atoms with van der Waals surface area (Å²) in [5, 5.41) is 21.0. The molecule has 0 amide bonds. The minimum absolute atomic E-state index is 0.268. The molecule has 34 heavy (non-hydrogen) atoms. The lowest BCUT2D eigenvalue weighted by molar-refractivity contribution is 0.399. The maximum Gasteiger partial charge on any atom is 0.127 e. The van der Waals surface area contributed by atoms with Crippen LogP contribution in [0.5, 0.6) is 11.5 Å². The number of phenolic OH excluding ortho intramolecular Hbond substituents is 2. The first-order valence-corrected chi connectivity index (χ1v) is 12.8. The van der Waals surface area contributed by atoms with Gasteiger partial charge in [0.25, 0.3) is 0 Å². The number of aryl methyl sites for hydroxylation is 2. The highest BCUT2D eigenvalue weighted by Gasteiger charge is 2.20. The van der Waals surface area contributed by atoms with Crippen LogP contribution in [0.25, 0.3) is 0 Å². The van der Waals surface area contributed by atoms with Crippen molar-refractivity contribution in [3.63, 3.8) is 0 Å². The van der Waals surface area contributed by atoms with Crippen LogP contribution in [0.3, 0.4) is 0 Å². The predicted octanol–water partition coefficient (Wildman–Crippen LogP) is 6.96. The van der Waals surface area contributed by atoms with Gasteiger partial charge in [-0.25, -0.2) is 0 Å². The van der Waals surface area contributed by atoms with Crippen LogP contribution in [0.2, 0.25) is 0 Å². The fraction of sp³-hybridized carbons (Fsp3) is 0.533. The molecule has 0 radical (unpaired) electrons. The van der Waals surface area contributed by atoms with Crippen LogP contribution in [0.4, 0.5) is 0 Å². The molecule has 0 aromatic heterocycles. The highest BCUT2D eigenvalue weighted by atomic mass is 16.3. The summed E-state index contributed by atoms with van der Waals surface area (Å²) in [5.74, 6) is 1.83. The molecule has 0 heterocycles. The van der Waals surface area contributed by atoms with Crippen molar-refractivity contribution >= 4 is 12.4 Å². The average molecular weight is 463 g/mol. The smallest absolute Gasteiger partial charge is 0.127 e. The molecule has 4 nitrogen and oxygen atoms in total. The normalized spacial score (nSPS) is 19.2. The van der Waals surface area contributed by atoms with Crippen molar-refractivity contribution in [2.45, 2.75) is 92.2 Å². The summed E-state index contributed by atoms with van der Waals surface area (Å²) >= 11 is 0. The van der Waals surface area contributed by atoms with Gasteiger partial charge in [-0.15, -0.1) is 0 Å². The summed E-state index contributed by atoms with van der Waals surface area (Å²) < 4.78 is 0. The maximum atomic E-state index is 10.5. The van der Waals surface area contributed by atoms with Gasteiger partial charge in [-0.2, -0.15) is 0 Å². The maximum absolute atomic E-state index is 10.5. The third-order valence-electron chi connectivity index (χ3n) is 6.58. The van der Waals surface area contributed by atoms with Gasteiger partial charge >= 0.3 is 0 Å². The molecule has 1 fully saturated rings. The molecule has 4 heteroatoms. The van der Waals surface area contributed by atoms with E-state index in [1.807, 2.05) is 26.3 Å². The Morgan fingerprint density at radius 3 is 1.38 bits per heavy atom. The summed E-state index contributed by atoms with van der Waals surface area (Å²) in [6, 6.07) is 8.84. The molecule has 0 saturated heterocycles. The van der Waals surface area contributed by atoms with E-state index in [1.54, 1.807) is 0 Å². The van der Waals surface area contributed by atoms with Crippen LogP contribution >= 0.6 is 0 Å². The quantitative estimate of drug-likeness (QED) is 0.416. The van der Waals surface area contributed by atoms with Crippen LogP contribution in [0.15, 0.2) is 34.3 Å². The molecule has 2 aromatic carbocycles. The molecule has 3 rings (SSSR count). The van der Waals surface area contributed by atoms with Gasteiger partial charge in [-0.3, -0.25) is 9.98 Å². The summed E-state index contributed by atoms with van der Waals surface area (Å²) in [4.78, 5) is 9.63. The van der Waals surface area contributed by atoms with Gasteiger partial charge in [-0.05, 0) is 98.6 Å². The van der Waals surface area contributed by atoms with Crippen molar-refractivity contribution in [1.82, 2.24) is 0 Å². The van der Waals surface area contributed by atoms with Gasteiger partial charge in [0, 0.05) is 23.6 Å². The van der Waals surface area contributed by atoms with Crippen LogP contribution < -0.4 is 0 Å². The fourth-order valence-electron chi connectivity index (χ4n) is 4.87. The summed E-state index contributed by atoms with van der Waals surface area (Å²) in [6.45, 7) is 12.8. The van der Waals surface area contributed by atoms with E-state index in [4.69, 9.17) is 9.98 Å². The monoisotopic (exact) mass is 462 g/mol. The van der Waals surface area contributed by atoms with Crippen LogP contribution in [0, 0.1) is 25.7 Å². The summed E-state index contributed by atoms with van der Waals surface area (Å²) in [5.41, 5.74) is 5.97. The van der Waals surface area contributed by atoms with E-state index in [-0.39, 0.29) is 12.1 Å². The number of rotatable bonds is 8. The lowest BCUT2D eigenvalue weighted by atomic mass is 9.91. The highest BCUT2D eigenvalue weighted by Crippen LogP contribution is 2.28. The van der Waals surface area contributed by atoms with Gasteiger partial charge in [0.1, 0.15) is 11.5 Å². The van der Waals surface area contributed by atoms with Gasteiger partial charge in [0.05, 0.1) is 12.1 Å². The first-order valence-electron chi connectivity index (χ1n) is 12.8. The molecule has 184 valence electrons. The lowest BCUT2D eigenvalue weighted by Gasteiger charge is -2.23. The molecule has 0 bridgehead atoms. The molecule has 2 N–H and O–H groups in total. The minimum atomic E-state index is 0.268. The third-order valence-corrected chi connectivity index (χ3v) is 6.58. The lowest BCUT2D eigenvalue weighted by Crippen LogP contribution is -2.20. The van der Waals surface area contributed by atoms with Crippen molar-refractivity contribution in [2.75, 3.05) is 0 Å². The molecule has 0 unspecified atom stereocenters. The Morgan fingerprint density at radius 1 is 0.706 bits per heavy atom. The number of hydrogen-bond acceptors (Lipinski definition) is 4. The number of hydrogen-bond donors (Lipinski definition) is 2. The van der Waals surface area contributed by atoms with Gasteiger partial charge in [0.2, 0.25) is 0 Å². The van der Waals surface area contributed by atoms with E-state index in [9.17, 15) is 10.2 Å². The van der Waals surface area contributed by atoms with Crippen molar-refractivity contribution in [2.24, 2.45) is 21.8 Å². The molecule has 2 aromatic rings. The Kier molecular flexibility index (Phi) is 8.93. The zero-order valence-electron chi connectivity index (χ0n) is 21.8. The largest absolute Gasteiger partial charge is 0.507 e. The van der Waals surface area contributed by atoms with Gasteiger partial charge in [-0.1, -0.05) is 39.8 Å². The van der Waals surface area contributed by atoms with E-state index in [0.29, 0.717) is 23.3 Å². The van der Waals surface area contributed by atoms with Crippen LogP contribution in [0.1, 0.15) is 86.8 Å². The molecular weight excluding hydrogens is 420 g/mol. The average Bonchev–Trinajstić information content (AvgIpc) is 2.76. The Balaban J connectivity index is 1.61. The minimum Gasteiger partial charge on any atom is -0.507 e. The SMILES string of the molecule is Cc1cc(CC(C)C)cc(C=NC2CCC(N=Cc3cc(CC(C)C)cc(C)c3O)CC2)c1O. The van der Waals surface area contributed by atoms with Crippen molar-refractivity contribution < 1.29 is 10.2 Å². The Bertz CT molecular complexity index is 945. The van der Waals surface area contributed by atoms with E-state index in [1.165, 1.54) is 11.1 Å². The fourth-order valence-corrected chi connectivity index (χ4v) is 4.87. The van der Waals surface area contributed by atoms with E-state index < -0.39 is 0 Å². The zero-order valence-corrected chi connectivity index (χ0v) is 21.8. The molecular formula is C30H42N2O2. The molecule has 0 atom stereocenters. The number of aliphatic imine (C=N–C) groups is 2. The summed E-state index contributed by atoms with van der Waals surface area (Å²) in [7, 11) is 0. The number of aromatic hydroxyl groups is 2. The standard InChI is InChI=1S/C30H42N2O2/c1-19(2)11-23-13-21(5)29(33)25(15-23)17-31-27-7-9-28(10-8-27)32-18-26-16-24(12-20(3)4)14-22(6)30(26)34/h13-20,27-28,33-34H,7-12H2,1-6H3. The van der Waals surface area contributed by atoms with Crippen molar-refractivity contribution in [3.05, 3.63) is 57.6 Å². The van der Waals surface area contributed by atoms with Crippen molar-refractivity contribution in [1.29, 1.82) is 0 Å². The Labute approximate surface area is 205 Å². The van der Waals surface area contributed by atoms with E-state index >= 15 is 0 Å². The second kappa shape index (κ2) is 11.7. The van der Waals surface area contributed by atoms with Gasteiger partial charge < -0.3 is 10.2 Å². The molecule has 0 aliphatic heterocycles. The van der Waals surface area contributed by atoms with Crippen molar-refractivity contribution in [3.8, 4) is 11.5 Å². The summed E-state index contributed by atoms with van der Waals surface area (Å²) in [6.07, 6.45) is 9.68. The second-order valence-corrected chi connectivity index (χ2v) is 10.9. The number of nitrogens with zero attached hydrogens (tertiary/aromatic N) is 2. The highest BCUT2D eigenvalue weighted by molar-refractivity contribution is 5.85. The molecule has 1 aliphatic rings. The van der Waals surface area contributed by atoms with Gasteiger partial charge in [0.15, 0.2) is 0 Å². The number of phenols is 2.